The van der Waals surface area contributed by atoms with Gasteiger partial charge in [0.1, 0.15) is 11.7 Å². The number of hydrogen-bond acceptors (Lipinski definition) is 4. The van der Waals surface area contributed by atoms with Crippen molar-refractivity contribution in [2.24, 2.45) is 0 Å². The minimum atomic E-state index is -0.723. The van der Waals surface area contributed by atoms with Crippen LogP contribution in [0.1, 0.15) is 29.5 Å². The largest absolute Gasteiger partial charge is 0.494 e. The molecule has 1 aromatic heterocycles. The third-order valence-electron chi connectivity index (χ3n) is 5.17. The lowest BCUT2D eigenvalue weighted by Crippen LogP contribution is -2.28. The fourth-order valence-electron chi connectivity index (χ4n) is 3.68. The molecule has 0 aliphatic heterocycles. The molecule has 0 amide bonds. The molecular weight excluding hydrogens is 454 g/mol. The Bertz CT molecular complexity index is 1320. The van der Waals surface area contributed by atoms with Crippen LogP contribution in [-0.2, 0) is 6.54 Å². The van der Waals surface area contributed by atoms with E-state index in [0.29, 0.717) is 23.2 Å². The topological polar surface area (TPSA) is 67.9 Å². The van der Waals surface area contributed by atoms with Gasteiger partial charge in [0.2, 0.25) is 0 Å². The summed E-state index contributed by atoms with van der Waals surface area (Å²) in [6.45, 7) is 2.80. The molecule has 0 spiro atoms. The van der Waals surface area contributed by atoms with Gasteiger partial charge < -0.3 is 4.74 Å². The SMILES string of the molecule is CCOc1ccc(C(C#N)c2c(Br)cnn(Cc3cccc4ccccc34)c2=O)cc1. The Balaban J connectivity index is 1.75. The Morgan fingerprint density at radius 3 is 2.58 bits per heavy atom. The maximum Gasteiger partial charge on any atom is 0.273 e. The smallest absolute Gasteiger partial charge is 0.273 e. The number of fused-ring (bicyclic) bond motifs is 1. The Morgan fingerprint density at radius 1 is 1.10 bits per heavy atom. The predicted molar refractivity (Wildman–Crippen MR) is 124 cm³/mol. The molecule has 3 aromatic carbocycles. The average molecular weight is 474 g/mol. The zero-order chi connectivity index (χ0) is 21.8. The van der Waals surface area contributed by atoms with Crippen molar-refractivity contribution in [3.63, 3.8) is 0 Å². The third kappa shape index (κ3) is 4.23. The van der Waals surface area contributed by atoms with E-state index in [0.717, 1.165) is 27.6 Å². The van der Waals surface area contributed by atoms with Crippen molar-refractivity contribution in [1.29, 1.82) is 5.26 Å². The molecule has 1 heterocycles. The van der Waals surface area contributed by atoms with Gasteiger partial charge in [-0.25, -0.2) is 4.68 Å². The Morgan fingerprint density at radius 2 is 1.84 bits per heavy atom. The second kappa shape index (κ2) is 9.15. The van der Waals surface area contributed by atoms with Crippen LogP contribution in [-0.4, -0.2) is 16.4 Å². The molecule has 0 saturated heterocycles. The molecule has 1 unspecified atom stereocenters. The minimum absolute atomic E-state index is 0.289. The molecule has 154 valence electrons. The summed E-state index contributed by atoms with van der Waals surface area (Å²) in [4.78, 5) is 13.4. The van der Waals surface area contributed by atoms with E-state index in [-0.39, 0.29) is 5.56 Å². The first-order valence-electron chi connectivity index (χ1n) is 9.97. The minimum Gasteiger partial charge on any atom is -0.494 e. The number of halogens is 1. The maximum absolute atomic E-state index is 13.4. The van der Waals surface area contributed by atoms with E-state index >= 15 is 0 Å². The molecule has 0 N–H and O–H groups in total. The van der Waals surface area contributed by atoms with E-state index in [1.807, 2.05) is 73.7 Å². The number of hydrogen-bond donors (Lipinski definition) is 0. The number of nitrogens with zero attached hydrogens (tertiary/aromatic N) is 3. The average Bonchev–Trinajstić information content (AvgIpc) is 2.80. The second-order valence-electron chi connectivity index (χ2n) is 7.07. The molecule has 0 aliphatic rings. The molecular formula is C25H20BrN3O2. The highest BCUT2D eigenvalue weighted by atomic mass is 79.9. The number of rotatable bonds is 6. The van der Waals surface area contributed by atoms with Gasteiger partial charge in [0, 0.05) is 4.47 Å². The van der Waals surface area contributed by atoms with E-state index in [1.165, 1.54) is 4.68 Å². The maximum atomic E-state index is 13.4. The lowest BCUT2D eigenvalue weighted by atomic mass is 9.94. The molecule has 6 heteroatoms. The summed E-state index contributed by atoms with van der Waals surface area (Å²) >= 11 is 3.43. The fraction of sp³-hybridized carbons (Fsp3) is 0.160. The van der Waals surface area contributed by atoms with Crippen LogP contribution in [0.3, 0.4) is 0 Å². The number of aromatic nitrogens is 2. The van der Waals surface area contributed by atoms with Crippen LogP contribution in [0.2, 0.25) is 0 Å². The molecule has 0 fully saturated rings. The summed E-state index contributed by atoms with van der Waals surface area (Å²) in [6.07, 6.45) is 1.58. The molecule has 0 bridgehead atoms. The van der Waals surface area contributed by atoms with Crippen molar-refractivity contribution < 1.29 is 4.74 Å². The molecule has 31 heavy (non-hydrogen) atoms. The summed E-state index contributed by atoms with van der Waals surface area (Å²) in [7, 11) is 0. The normalized spacial score (nSPS) is 11.8. The van der Waals surface area contributed by atoms with Gasteiger partial charge >= 0.3 is 0 Å². The summed E-state index contributed by atoms with van der Waals surface area (Å²) < 4.78 is 7.42. The highest BCUT2D eigenvalue weighted by Crippen LogP contribution is 2.28. The van der Waals surface area contributed by atoms with Crippen molar-refractivity contribution in [3.8, 4) is 11.8 Å². The van der Waals surface area contributed by atoms with Crippen LogP contribution < -0.4 is 10.3 Å². The molecule has 0 aliphatic carbocycles. The Hall–Kier alpha value is -3.43. The second-order valence-corrected chi connectivity index (χ2v) is 7.93. The summed E-state index contributed by atoms with van der Waals surface area (Å²) in [5, 5.41) is 16.4. The fourth-order valence-corrected chi connectivity index (χ4v) is 4.17. The van der Waals surface area contributed by atoms with E-state index < -0.39 is 5.92 Å². The van der Waals surface area contributed by atoms with Crippen LogP contribution >= 0.6 is 15.9 Å². The summed E-state index contributed by atoms with van der Waals surface area (Å²) in [5.41, 5.74) is 1.81. The standard InChI is InChI=1S/C25H20BrN3O2/c1-2-31-20-12-10-18(11-13-20)22(14-27)24-23(26)15-28-29(25(24)30)16-19-8-5-7-17-6-3-4-9-21(17)19/h3-13,15,22H,2,16H2,1H3. The molecule has 4 aromatic rings. The summed E-state index contributed by atoms with van der Waals surface area (Å²) in [6, 6.07) is 23.6. The van der Waals surface area contributed by atoms with Crippen molar-refractivity contribution in [1.82, 2.24) is 9.78 Å². The third-order valence-corrected chi connectivity index (χ3v) is 5.81. The van der Waals surface area contributed by atoms with Crippen molar-refractivity contribution in [3.05, 3.63) is 104 Å². The van der Waals surface area contributed by atoms with Gasteiger partial charge in [-0.2, -0.15) is 10.4 Å². The van der Waals surface area contributed by atoms with Crippen LogP contribution in [0.5, 0.6) is 5.75 Å². The first-order chi connectivity index (χ1) is 15.1. The van der Waals surface area contributed by atoms with Gasteiger partial charge in [0.25, 0.3) is 5.56 Å². The van der Waals surface area contributed by atoms with Gasteiger partial charge in [0.05, 0.1) is 31.0 Å². The first kappa shape index (κ1) is 20.8. The summed E-state index contributed by atoms with van der Waals surface area (Å²) in [5.74, 6) is 0.00409. The van der Waals surface area contributed by atoms with Crippen LogP contribution in [0, 0.1) is 11.3 Å². The van der Waals surface area contributed by atoms with Gasteiger partial charge in [-0.1, -0.05) is 54.6 Å². The van der Waals surface area contributed by atoms with Crippen molar-refractivity contribution in [2.75, 3.05) is 6.61 Å². The molecule has 4 rings (SSSR count). The zero-order valence-electron chi connectivity index (χ0n) is 17.0. The molecule has 0 radical (unpaired) electrons. The van der Waals surface area contributed by atoms with Gasteiger partial charge in [-0.3, -0.25) is 4.79 Å². The van der Waals surface area contributed by atoms with Gasteiger partial charge in [0.15, 0.2) is 0 Å². The Labute approximate surface area is 188 Å². The number of ether oxygens (including phenoxy) is 1. The van der Waals surface area contributed by atoms with Crippen LogP contribution in [0.25, 0.3) is 10.8 Å². The highest BCUT2D eigenvalue weighted by Gasteiger charge is 2.22. The van der Waals surface area contributed by atoms with E-state index in [4.69, 9.17) is 4.74 Å². The molecule has 1 atom stereocenters. The van der Waals surface area contributed by atoms with Gasteiger partial charge in [-0.05, 0) is 56.9 Å². The van der Waals surface area contributed by atoms with Crippen LogP contribution in [0.4, 0.5) is 0 Å². The van der Waals surface area contributed by atoms with Gasteiger partial charge in [-0.15, -0.1) is 0 Å². The molecule has 0 saturated carbocycles. The lowest BCUT2D eigenvalue weighted by Gasteiger charge is -2.15. The van der Waals surface area contributed by atoms with E-state index in [9.17, 15) is 10.1 Å². The quantitative estimate of drug-likeness (QED) is 0.382. The lowest BCUT2D eigenvalue weighted by molar-refractivity contribution is 0.340. The van der Waals surface area contributed by atoms with Crippen molar-refractivity contribution in [2.45, 2.75) is 19.4 Å². The van der Waals surface area contributed by atoms with Crippen molar-refractivity contribution >= 4 is 26.7 Å². The zero-order valence-corrected chi connectivity index (χ0v) is 18.5. The Kier molecular flexibility index (Phi) is 6.15. The van der Waals surface area contributed by atoms with E-state index in [1.54, 1.807) is 6.20 Å². The van der Waals surface area contributed by atoms with Crippen LogP contribution in [0.15, 0.2) is 82.2 Å². The number of benzene rings is 3. The molecule has 5 nitrogen and oxygen atoms in total. The number of nitriles is 1. The predicted octanol–water partition coefficient (Wildman–Crippen LogP) is 5.26. The monoisotopic (exact) mass is 473 g/mol. The first-order valence-corrected chi connectivity index (χ1v) is 10.8. The van der Waals surface area contributed by atoms with E-state index in [2.05, 4.69) is 27.1 Å². The highest BCUT2D eigenvalue weighted by molar-refractivity contribution is 9.10.